The molecule has 6 nitrogen and oxygen atoms in total. The van der Waals surface area contributed by atoms with Crippen molar-refractivity contribution in [3.05, 3.63) is 29.5 Å². The van der Waals surface area contributed by atoms with E-state index in [1.807, 2.05) is 38.6 Å². The second-order valence-electron chi connectivity index (χ2n) is 7.17. The Morgan fingerprint density at radius 1 is 1.38 bits per heavy atom. The van der Waals surface area contributed by atoms with Gasteiger partial charge in [0.2, 0.25) is 11.8 Å². The van der Waals surface area contributed by atoms with Crippen molar-refractivity contribution in [1.82, 2.24) is 20.0 Å². The van der Waals surface area contributed by atoms with E-state index in [0.29, 0.717) is 6.54 Å². The zero-order valence-electron chi connectivity index (χ0n) is 14.9. The topological polar surface area (TPSA) is 67.2 Å². The van der Waals surface area contributed by atoms with E-state index in [-0.39, 0.29) is 24.2 Å². The molecule has 2 aromatic rings. The monoisotopic (exact) mass is 328 g/mol. The molecule has 0 radical (unpaired) electrons. The number of carbonyl (C=O) groups excluding carboxylic acids is 2. The van der Waals surface area contributed by atoms with Crippen LogP contribution >= 0.6 is 0 Å². The maximum Gasteiger partial charge on any atom is 0.226 e. The molecule has 1 N–H and O–H groups in total. The van der Waals surface area contributed by atoms with Gasteiger partial charge < -0.3 is 10.2 Å². The maximum atomic E-state index is 12.6. The number of hydrogen-bond donors (Lipinski definition) is 1. The van der Waals surface area contributed by atoms with Crippen LogP contribution in [0.1, 0.15) is 31.5 Å². The fraction of sp³-hybridized carbons (Fsp3) is 0.500. The number of rotatable bonds is 3. The molecule has 128 valence electrons. The summed E-state index contributed by atoms with van der Waals surface area (Å²) in [6, 6.07) is 6.17. The summed E-state index contributed by atoms with van der Waals surface area (Å²) in [5, 5.41) is 8.54. The minimum atomic E-state index is -0.468. The highest BCUT2D eigenvalue weighted by atomic mass is 16.2. The number of amides is 2. The standard InChI is InChI=1S/C18H24N4O2/c1-11-6-7-15-12(8-11)14(20-22(15)5)10-19-17(24)13-9-16(23)21(4)18(13,2)3/h6-8,13H,9-10H2,1-5H3,(H,19,24). The molecule has 2 heterocycles. The third-order valence-electron chi connectivity index (χ3n) is 5.30. The number of benzene rings is 1. The molecule has 3 rings (SSSR count). The Kier molecular flexibility index (Phi) is 3.86. The molecular formula is C18H24N4O2. The van der Waals surface area contributed by atoms with Crippen LogP contribution in [-0.2, 0) is 23.2 Å². The van der Waals surface area contributed by atoms with Crippen LogP contribution in [0.4, 0.5) is 0 Å². The minimum Gasteiger partial charge on any atom is -0.350 e. The Morgan fingerprint density at radius 3 is 2.71 bits per heavy atom. The first-order valence-corrected chi connectivity index (χ1v) is 8.18. The molecule has 0 aliphatic carbocycles. The van der Waals surface area contributed by atoms with E-state index in [2.05, 4.69) is 22.5 Å². The van der Waals surface area contributed by atoms with Crippen LogP contribution in [0.15, 0.2) is 18.2 Å². The summed E-state index contributed by atoms with van der Waals surface area (Å²) in [5.41, 5.74) is 2.58. The number of hydrogen-bond acceptors (Lipinski definition) is 3. The van der Waals surface area contributed by atoms with Crippen molar-refractivity contribution in [3.8, 4) is 0 Å². The molecule has 1 aromatic heterocycles. The van der Waals surface area contributed by atoms with Gasteiger partial charge in [-0.15, -0.1) is 0 Å². The van der Waals surface area contributed by atoms with Gasteiger partial charge in [-0.25, -0.2) is 0 Å². The van der Waals surface area contributed by atoms with Crippen molar-refractivity contribution >= 4 is 22.7 Å². The van der Waals surface area contributed by atoms with E-state index in [1.54, 1.807) is 11.9 Å². The van der Waals surface area contributed by atoms with Gasteiger partial charge in [0.05, 0.1) is 23.7 Å². The number of nitrogens with one attached hydrogen (secondary N) is 1. The average Bonchev–Trinajstić information content (AvgIpc) is 2.94. The molecule has 0 spiro atoms. The zero-order valence-corrected chi connectivity index (χ0v) is 14.9. The van der Waals surface area contributed by atoms with E-state index in [1.165, 1.54) is 0 Å². The maximum absolute atomic E-state index is 12.6. The minimum absolute atomic E-state index is 0.0130. The Balaban J connectivity index is 1.78. The molecule has 2 amide bonds. The fourth-order valence-corrected chi connectivity index (χ4v) is 3.41. The molecule has 1 atom stereocenters. The first-order chi connectivity index (χ1) is 11.2. The van der Waals surface area contributed by atoms with E-state index in [4.69, 9.17) is 0 Å². The lowest BCUT2D eigenvalue weighted by Gasteiger charge is -2.32. The molecule has 1 unspecified atom stereocenters. The van der Waals surface area contributed by atoms with Gasteiger partial charge in [-0.3, -0.25) is 14.3 Å². The number of fused-ring (bicyclic) bond motifs is 1. The van der Waals surface area contributed by atoms with Gasteiger partial charge in [-0.1, -0.05) is 11.6 Å². The van der Waals surface area contributed by atoms with Crippen LogP contribution in [0, 0.1) is 12.8 Å². The number of carbonyl (C=O) groups is 2. The second kappa shape index (κ2) is 5.61. The second-order valence-corrected chi connectivity index (χ2v) is 7.17. The summed E-state index contributed by atoms with van der Waals surface area (Å²) < 4.78 is 1.83. The highest BCUT2D eigenvalue weighted by Gasteiger charge is 2.47. The number of likely N-dealkylation sites (tertiary alicyclic amines) is 1. The van der Waals surface area contributed by atoms with E-state index in [9.17, 15) is 9.59 Å². The van der Waals surface area contributed by atoms with Gasteiger partial charge in [0.1, 0.15) is 0 Å². The Labute approximate surface area is 141 Å². The van der Waals surface area contributed by atoms with Gasteiger partial charge >= 0.3 is 0 Å². The van der Waals surface area contributed by atoms with Crippen LogP contribution in [0.3, 0.4) is 0 Å². The van der Waals surface area contributed by atoms with Crippen LogP contribution in [-0.4, -0.2) is 39.1 Å². The van der Waals surface area contributed by atoms with Gasteiger partial charge in [0.25, 0.3) is 0 Å². The summed E-state index contributed by atoms with van der Waals surface area (Å²) in [6.45, 7) is 6.27. The highest BCUT2D eigenvalue weighted by Crippen LogP contribution is 2.34. The lowest BCUT2D eigenvalue weighted by atomic mass is 9.88. The van der Waals surface area contributed by atoms with Gasteiger partial charge in [0, 0.05) is 31.4 Å². The molecule has 24 heavy (non-hydrogen) atoms. The molecule has 0 bridgehead atoms. The number of aromatic nitrogens is 2. The van der Waals surface area contributed by atoms with E-state index < -0.39 is 5.54 Å². The quantitative estimate of drug-likeness (QED) is 0.933. The van der Waals surface area contributed by atoms with Crippen molar-refractivity contribution in [1.29, 1.82) is 0 Å². The molecular weight excluding hydrogens is 304 g/mol. The summed E-state index contributed by atoms with van der Waals surface area (Å²) >= 11 is 0. The predicted molar refractivity (Wildman–Crippen MR) is 92.3 cm³/mol. The first kappa shape index (κ1) is 16.5. The summed E-state index contributed by atoms with van der Waals surface area (Å²) in [4.78, 5) is 26.2. The zero-order chi connectivity index (χ0) is 17.6. The predicted octanol–water partition coefficient (Wildman–Crippen LogP) is 1.75. The van der Waals surface area contributed by atoms with Gasteiger partial charge in [-0.2, -0.15) is 5.10 Å². The molecule has 6 heteroatoms. The molecule has 1 aliphatic heterocycles. The van der Waals surface area contributed by atoms with Crippen molar-refractivity contribution in [2.45, 2.75) is 39.3 Å². The average molecular weight is 328 g/mol. The largest absolute Gasteiger partial charge is 0.350 e. The van der Waals surface area contributed by atoms with Crippen molar-refractivity contribution in [2.75, 3.05) is 7.05 Å². The molecule has 1 fully saturated rings. The Bertz CT molecular complexity index is 822. The number of aryl methyl sites for hydroxylation is 2. The third-order valence-corrected chi connectivity index (χ3v) is 5.30. The van der Waals surface area contributed by atoms with Crippen molar-refractivity contribution in [3.63, 3.8) is 0 Å². The number of nitrogens with zero attached hydrogens (tertiary/aromatic N) is 3. The SMILES string of the molecule is Cc1ccc2c(c1)c(CNC(=O)C1CC(=O)N(C)C1(C)C)nn2C. The molecule has 1 saturated heterocycles. The lowest BCUT2D eigenvalue weighted by Crippen LogP contribution is -2.46. The highest BCUT2D eigenvalue weighted by molar-refractivity contribution is 5.91. The van der Waals surface area contributed by atoms with Gasteiger partial charge in [-0.05, 0) is 32.9 Å². The molecule has 1 aliphatic rings. The van der Waals surface area contributed by atoms with Crippen molar-refractivity contribution in [2.24, 2.45) is 13.0 Å². The first-order valence-electron chi connectivity index (χ1n) is 8.18. The summed E-state index contributed by atoms with van der Waals surface area (Å²) in [5.74, 6) is -0.421. The normalized spacial score (nSPS) is 20.0. The lowest BCUT2D eigenvalue weighted by molar-refractivity contribution is -0.128. The van der Waals surface area contributed by atoms with Crippen molar-refractivity contribution < 1.29 is 9.59 Å². The Hall–Kier alpha value is -2.37. The molecule has 1 aromatic carbocycles. The smallest absolute Gasteiger partial charge is 0.226 e. The summed E-state index contributed by atoms with van der Waals surface area (Å²) in [7, 11) is 3.65. The third kappa shape index (κ3) is 2.56. The van der Waals surface area contributed by atoms with E-state index >= 15 is 0 Å². The summed E-state index contributed by atoms with van der Waals surface area (Å²) in [6.07, 6.45) is 0.261. The molecule has 0 saturated carbocycles. The van der Waals surface area contributed by atoms with E-state index in [0.717, 1.165) is 22.2 Å². The van der Waals surface area contributed by atoms with Crippen LogP contribution in [0.25, 0.3) is 10.9 Å². The Morgan fingerprint density at radius 2 is 2.08 bits per heavy atom. The fourth-order valence-electron chi connectivity index (χ4n) is 3.41. The van der Waals surface area contributed by atoms with Crippen LogP contribution in [0.2, 0.25) is 0 Å². The van der Waals surface area contributed by atoms with Crippen LogP contribution in [0.5, 0.6) is 0 Å². The van der Waals surface area contributed by atoms with Crippen LogP contribution < -0.4 is 5.32 Å². The van der Waals surface area contributed by atoms with Gasteiger partial charge in [0.15, 0.2) is 0 Å².